The molecule has 2 aromatic heterocycles. The highest BCUT2D eigenvalue weighted by molar-refractivity contribution is 6.04. The smallest absolute Gasteiger partial charge is 0.261 e. The quantitative estimate of drug-likeness (QED) is 0.425. The van der Waals surface area contributed by atoms with Crippen LogP contribution in [0.4, 0.5) is 5.69 Å². The van der Waals surface area contributed by atoms with Gasteiger partial charge >= 0.3 is 0 Å². The highest BCUT2D eigenvalue weighted by atomic mass is 16.3. The van der Waals surface area contributed by atoms with E-state index in [9.17, 15) is 9.59 Å². The van der Waals surface area contributed by atoms with Crippen LogP contribution in [0.15, 0.2) is 94.3 Å². The summed E-state index contributed by atoms with van der Waals surface area (Å²) in [5.74, 6) is 0.0989. The third-order valence-corrected chi connectivity index (χ3v) is 6.27. The number of aromatic amines is 1. The first kappa shape index (κ1) is 22.8. The topological polar surface area (TPSA) is 81.6 Å². The maximum absolute atomic E-state index is 12.6. The molecule has 0 unspecified atom stereocenters. The normalized spacial score (nSPS) is 14.6. The molecule has 0 atom stereocenters. The van der Waals surface area contributed by atoms with Gasteiger partial charge in [0.1, 0.15) is 11.3 Å². The van der Waals surface area contributed by atoms with E-state index in [1.165, 1.54) is 23.5 Å². The number of nitrogens with zero attached hydrogens (tertiary/aromatic N) is 2. The number of aromatic nitrogens is 1. The SMILES string of the molecule is O=C(Nc1ccc(CN2CCN(Cc3ccccc3)CC2)cc1)c1ccc(-c2ccco2)[nH]c1=O. The van der Waals surface area contributed by atoms with Crippen molar-refractivity contribution >= 4 is 11.6 Å². The molecule has 7 heteroatoms. The van der Waals surface area contributed by atoms with Crippen LogP contribution in [0.5, 0.6) is 0 Å². The molecule has 3 heterocycles. The van der Waals surface area contributed by atoms with E-state index in [-0.39, 0.29) is 5.56 Å². The van der Waals surface area contributed by atoms with E-state index in [1.54, 1.807) is 18.2 Å². The molecule has 1 fully saturated rings. The van der Waals surface area contributed by atoms with Crippen LogP contribution in [0, 0.1) is 0 Å². The maximum Gasteiger partial charge on any atom is 0.261 e. The molecule has 2 aromatic carbocycles. The highest BCUT2D eigenvalue weighted by Crippen LogP contribution is 2.17. The van der Waals surface area contributed by atoms with Crippen molar-refractivity contribution in [3.63, 3.8) is 0 Å². The molecule has 1 amide bonds. The Balaban J connectivity index is 1.13. The van der Waals surface area contributed by atoms with Gasteiger partial charge in [-0.15, -0.1) is 0 Å². The average Bonchev–Trinajstić information content (AvgIpc) is 3.42. The summed E-state index contributed by atoms with van der Waals surface area (Å²) >= 11 is 0. The minimum atomic E-state index is -0.459. The molecule has 4 aromatic rings. The van der Waals surface area contributed by atoms with E-state index in [0.717, 1.165) is 39.3 Å². The van der Waals surface area contributed by atoms with Gasteiger partial charge in [0.25, 0.3) is 11.5 Å². The average molecular weight is 469 g/mol. The van der Waals surface area contributed by atoms with Gasteiger partial charge in [-0.1, -0.05) is 42.5 Å². The fraction of sp³-hybridized carbons (Fsp3) is 0.214. The Morgan fingerprint density at radius 2 is 1.46 bits per heavy atom. The third-order valence-electron chi connectivity index (χ3n) is 6.27. The lowest BCUT2D eigenvalue weighted by atomic mass is 10.1. The molecule has 1 aliphatic heterocycles. The van der Waals surface area contributed by atoms with Crippen molar-refractivity contribution in [3.8, 4) is 11.5 Å². The van der Waals surface area contributed by atoms with Crippen molar-refractivity contribution in [1.82, 2.24) is 14.8 Å². The lowest BCUT2D eigenvalue weighted by Gasteiger charge is -2.34. The third kappa shape index (κ3) is 5.77. The summed E-state index contributed by atoms with van der Waals surface area (Å²) in [6, 6.07) is 25.1. The van der Waals surface area contributed by atoms with Gasteiger partial charge in [0.2, 0.25) is 0 Å². The predicted molar refractivity (Wildman–Crippen MR) is 136 cm³/mol. The first-order valence-electron chi connectivity index (χ1n) is 11.8. The predicted octanol–water partition coefficient (Wildman–Crippen LogP) is 4.21. The minimum Gasteiger partial charge on any atom is -0.463 e. The van der Waals surface area contributed by atoms with E-state index in [1.807, 2.05) is 24.3 Å². The van der Waals surface area contributed by atoms with Crippen molar-refractivity contribution in [2.45, 2.75) is 13.1 Å². The molecule has 0 saturated carbocycles. The number of pyridine rings is 1. The molecular weight excluding hydrogens is 440 g/mol. The Morgan fingerprint density at radius 3 is 2.06 bits per heavy atom. The summed E-state index contributed by atoms with van der Waals surface area (Å²) in [5, 5.41) is 2.81. The number of nitrogens with one attached hydrogen (secondary N) is 2. The lowest BCUT2D eigenvalue weighted by Crippen LogP contribution is -2.45. The maximum atomic E-state index is 12.6. The number of H-pyrrole nitrogens is 1. The zero-order valence-electron chi connectivity index (χ0n) is 19.4. The number of anilines is 1. The van der Waals surface area contributed by atoms with E-state index < -0.39 is 11.5 Å². The van der Waals surface area contributed by atoms with Crippen molar-refractivity contribution < 1.29 is 9.21 Å². The second kappa shape index (κ2) is 10.5. The lowest BCUT2D eigenvalue weighted by molar-refractivity contribution is 0.102. The summed E-state index contributed by atoms with van der Waals surface area (Å²) in [7, 11) is 0. The van der Waals surface area contributed by atoms with Gasteiger partial charge in [0.15, 0.2) is 0 Å². The van der Waals surface area contributed by atoms with Crippen molar-refractivity contribution in [3.05, 3.63) is 112 Å². The van der Waals surface area contributed by atoms with Crippen molar-refractivity contribution in [1.29, 1.82) is 0 Å². The van der Waals surface area contributed by atoms with Gasteiger partial charge in [0, 0.05) is 45.0 Å². The van der Waals surface area contributed by atoms with Gasteiger partial charge in [-0.2, -0.15) is 0 Å². The van der Waals surface area contributed by atoms with Crippen molar-refractivity contribution in [2.75, 3.05) is 31.5 Å². The number of piperazine rings is 1. The molecular formula is C28H28N4O3. The Labute approximate surface area is 204 Å². The fourth-order valence-corrected chi connectivity index (χ4v) is 4.33. The summed E-state index contributed by atoms with van der Waals surface area (Å²) < 4.78 is 5.29. The van der Waals surface area contributed by atoms with Gasteiger partial charge in [0.05, 0.1) is 12.0 Å². The van der Waals surface area contributed by atoms with Crippen LogP contribution in [-0.2, 0) is 13.1 Å². The summed E-state index contributed by atoms with van der Waals surface area (Å²) in [4.78, 5) is 32.7. The van der Waals surface area contributed by atoms with Crippen LogP contribution < -0.4 is 10.9 Å². The van der Waals surface area contributed by atoms with Gasteiger partial charge < -0.3 is 14.7 Å². The van der Waals surface area contributed by atoms with E-state index in [2.05, 4.69) is 50.4 Å². The van der Waals surface area contributed by atoms with Crippen LogP contribution >= 0.6 is 0 Å². The summed E-state index contributed by atoms with van der Waals surface area (Å²) in [6.07, 6.45) is 1.53. The Hall–Kier alpha value is -3.94. The Bertz CT molecular complexity index is 1310. The summed E-state index contributed by atoms with van der Waals surface area (Å²) in [6.45, 7) is 6.04. The number of hydrogen-bond acceptors (Lipinski definition) is 5. The minimum absolute atomic E-state index is 0.0535. The molecule has 35 heavy (non-hydrogen) atoms. The van der Waals surface area contributed by atoms with Gasteiger partial charge in [-0.3, -0.25) is 19.4 Å². The molecule has 2 N–H and O–H groups in total. The first-order valence-corrected chi connectivity index (χ1v) is 11.8. The summed E-state index contributed by atoms with van der Waals surface area (Å²) in [5.41, 5.74) is 3.33. The number of amides is 1. The number of furan rings is 1. The molecule has 7 nitrogen and oxygen atoms in total. The second-order valence-electron chi connectivity index (χ2n) is 8.78. The highest BCUT2D eigenvalue weighted by Gasteiger charge is 2.17. The largest absolute Gasteiger partial charge is 0.463 e. The van der Waals surface area contributed by atoms with Crippen LogP contribution in [0.25, 0.3) is 11.5 Å². The number of benzene rings is 2. The number of rotatable bonds is 7. The van der Waals surface area contributed by atoms with E-state index in [0.29, 0.717) is 17.1 Å². The van der Waals surface area contributed by atoms with E-state index >= 15 is 0 Å². The van der Waals surface area contributed by atoms with Gasteiger partial charge in [-0.05, 0) is 47.5 Å². The van der Waals surface area contributed by atoms with Crippen LogP contribution in [0.1, 0.15) is 21.5 Å². The van der Waals surface area contributed by atoms with E-state index in [4.69, 9.17) is 4.42 Å². The van der Waals surface area contributed by atoms with Crippen LogP contribution in [-0.4, -0.2) is 46.9 Å². The molecule has 0 radical (unpaired) electrons. The fourth-order valence-electron chi connectivity index (χ4n) is 4.33. The molecule has 0 aliphatic carbocycles. The standard InChI is InChI=1S/C28H28N4O3/c33-27(24-12-13-25(30-28(24)34)26-7-4-18-35-26)29-23-10-8-22(9-11-23)20-32-16-14-31(15-17-32)19-21-5-2-1-3-6-21/h1-13,18H,14-17,19-20H2,(H,29,33)(H,30,34). The molecule has 1 aliphatic rings. The molecule has 1 saturated heterocycles. The first-order chi connectivity index (χ1) is 17.1. The van der Waals surface area contributed by atoms with Crippen LogP contribution in [0.3, 0.4) is 0 Å². The Morgan fingerprint density at radius 1 is 0.800 bits per heavy atom. The molecule has 5 rings (SSSR count). The second-order valence-corrected chi connectivity index (χ2v) is 8.78. The monoisotopic (exact) mass is 468 g/mol. The Kier molecular flexibility index (Phi) is 6.88. The number of carbonyl (C=O) groups is 1. The zero-order valence-corrected chi connectivity index (χ0v) is 19.4. The molecule has 0 bridgehead atoms. The zero-order chi connectivity index (χ0) is 24.0. The van der Waals surface area contributed by atoms with Gasteiger partial charge in [-0.25, -0.2) is 0 Å². The number of carbonyl (C=O) groups excluding carboxylic acids is 1. The van der Waals surface area contributed by atoms with Crippen LogP contribution in [0.2, 0.25) is 0 Å². The number of hydrogen-bond donors (Lipinski definition) is 2. The van der Waals surface area contributed by atoms with Crippen molar-refractivity contribution in [2.24, 2.45) is 0 Å². The molecule has 178 valence electrons. The molecule has 0 spiro atoms.